The Morgan fingerprint density at radius 3 is 2.47 bits per heavy atom. The van der Waals surface area contributed by atoms with Gasteiger partial charge in [-0.05, 0) is 18.2 Å². The minimum absolute atomic E-state index is 0.344. The number of furan rings is 1. The maximum absolute atomic E-state index is 11.0. The van der Waals surface area contributed by atoms with Gasteiger partial charge in [0.1, 0.15) is 11.2 Å². The van der Waals surface area contributed by atoms with E-state index in [9.17, 15) is 4.79 Å². The standard InChI is InChI=1S/C11H6O3.N3/c12-11-2-1-7-5-8-3-4-13-9(8)6-10(7)14-11;1-3-2/h1-6H;/q;-1. The highest BCUT2D eigenvalue weighted by Gasteiger charge is 2.01. The summed E-state index contributed by atoms with van der Waals surface area (Å²) in [6.45, 7) is 0. The minimum Gasteiger partial charge on any atom is -0.464 e. The first-order valence-corrected chi connectivity index (χ1v) is 4.64. The van der Waals surface area contributed by atoms with Crippen LogP contribution in [0.2, 0.25) is 0 Å². The molecule has 0 fully saturated rings. The highest BCUT2D eigenvalue weighted by molar-refractivity contribution is 5.92. The Bertz CT molecular complexity index is 751. The van der Waals surface area contributed by atoms with Crippen molar-refractivity contribution >= 4 is 21.9 Å². The molecule has 6 heteroatoms. The molecule has 6 nitrogen and oxygen atoms in total. The molecule has 0 aliphatic rings. The Balaban J connectivity index is 0.000000329. The highest BCUT2D eigenvalue weighted by Crippen LogP contribution is 2.22. The first kappa shape index (κ1) is 10.8. The summed E-state index contributed by atoms with van der Waals surface area (Å²) in [6, 6.07) is 8.69. The van der Waals surface area contributed by atoms with Crippen LogP contribution in [0.3, 0.4) is 0 Å². The average Bonchev–Trinajstić information content (AvgIpc) is 2.74. The fourth-order valence-corrected chi connectivity index (χ4v) is 1.53. The molecular weight excluding hydrogens is 222 g/mol. The van der Waals surface area contributed by atoms with Crippen LogP contribution in [0.1, 0.15) is 0 Å². The van der Waals surface area contributed by atoms with Crippen LogP contribution in [0, 0.1) is 0 Å². The molecule has 0 radical (unpaired) electrons. The van der Waals surface area contributed by atoms with Gasteiger partial charge in [-0.25, -0.2) is 4.79 Å². The summed E-state index contributed by atoms with van der Waals surface area (Å²) < 4.78 is 10.2. The molecule has 0 atom stereocenters. The SMILES string of the molecule is O=c1ccc2cc3ccoc3cc2o1.[N-]=[N+]=[N-]. The maximum atomic E-state index is 11.0. The normalized spacial score (nSPS) is 9.65. The van der Waals surface area contributed by atoms with E-state index in [1.54, 1.807) is 18.4 Å². The van der Waals surface area contributed by atoms with Gasteiger partial charge in [-0.3, -0.25) is 4.91 Å². The monoisotopic (exact) mass is 228 g/mol. The van der Waals surface area contributed by atoms with Crippen LogP contribution >= 0.6 is 0 Å². The second kappa shape index (κ2) is 4.42. The summed E-state index contributed by atoms with van der Waals surface area (Å²) in [5.41, 5.74) is 14.4. The third kappa shape index (κ3) is 2.11. The minimum atomic E-state index is -0.344. The number of hydrogen-bond donors (Lipinski definition) is 0. The molecule has 0 N–H and O–H groups in total. The molecule has 84 valence electrons. The quantitative estimate of drug-likeness (QED) is 0.255. The maximum Gasteiger partial charge on any atom is 0.336 e. The number of fused-ring (bicyclic) bond motifs is 2. The number of rotatable bonds is 0. The Labute approximate surface area is 94.5 Å². The number of hydrogen-bond acceptors (Lipinski definition) is 3. The van der Waals surface area contributed by atoms with Gasteiger partial charge < -0.3 is 19.9 Å². The molecule has 0 bridgehead atoms. The molecule has 0 saturated carbocycles. The Hall–Kier alpha value is -2.72. The summed E-state index contributed by atoms with van der Waals surface area (Å²) in [7, 11) is 0. The van der Waals surface area contributed by atoms with E-state index in [-0.39, 0.29) is 5.63 Å². The molecule has 0 spiro atoms. The Morgan fingerprint density at radius 2 is 1.71 bits per heavy atom. The molecule has 3 rings (SSSR count). The van der Waals surface area contributed by atoms with Crippen molar-refractivity contribution < 1.29 is 8.83 Å². The molecule has 0 unspecified atom stereocenters. The van der Waals surface area contributed by atoms with Crippen molar-refractivity contribution in [3.8, 4) is 0 Å². The van der Waals surface area contributed by atoms with E-state index in [0.29, 0.717) is 5.58 Å². The third-order valence-electron chi connectivity index (χ3n) is 2.19. The van der Waals surface area contributed by atoms with Gasteiger partial charge in [-0.1, -0.05) is 0 Å². The second-order valence-corrected chi connectivity index (χ2v) is 3.19. The average molecular weight is 228 g/mol. The van der Waals surface area contributed by atoms with E-state index in [2.05, 4.69) is 0 Å². The molecule has 0 amide bonds. The largest absolute Gasteiger partial charge is 0.464 e. The molecule has 3 aromatic rings. The van der Waals surface area contributed by atoms with Crippen LogP contribution < -0.4 is 5.63 Å². The summed E-state index contributed by atoms with van der Waals surface area (Å²) in [5.74, 6) is 0. The Morgan fingerprint density at radius 1 is 1.00 bits per heavy atom. The lowest BCUT2D eigenvalue weighted by Gasteiger charge is -1.94. The van der Waals surface area contributed by atoms with Gasteiger partial charge in [0.15, 0.2) is 0 Å². The zero-order valence-corrected chi connectivity index (χ0v) is 8.53. The predicted molar refractivity (Wildman–Crippen MR) is 62.3 cm³/mol. The van der Waals surface area contributed by atoms with Crippen LogP contribution in [-0.4, -0.2) is 0 Å². The molecule has 0 aliphatic heterocycles. The zero-order chi connectivity index (χ0) is 12.3. The lowest BCUT2D eigenvalue weighted by molar-refractivity contribution is 0.559. The van der Waals surface area contributed by atoms with Gasteiger partial charge >= 0.3 is 5.63 Å². The van der Waals surface area contributed by atoms with E-state index in [4.69, 9.17) is 19.9 Å². The lowest BCUT2D eigenvalue weighted by Crippen LogP contribution is -1.93. The summed E-state index contributed by atoms with van der Waals surface area (Å²) in [4.78, 5) is 12.5. The first-order valence-electron chi connectivity index (χ1n) is 4.64. The summed E-state index contributed by atoms with van der Waals surface area (Å²) >= 11 is 0. The smallest absolute Gasteiger partial charge is 0.336 e. The fraction of sp³-hybridized carbons (Fsp3) is 0. The molecule has 1 aromatic carbocycles. The van der Waals surface area contributed by atoms with Crippen molar-refractivity contribution in [1.29, 1.82) is 0 Å². The molecule has 17 heavy (non-hydrogen) atoms. The van der Waals surface area contributed by atoms with Crippen LogP contribution in [0.4, 0.5) is 0 Å². The topological polar surface area (TPSA) is 102 Å². The second-order valence-electron chi connectivity index (χ2n) is 3.19. The van der Waals surface area contributed by atoms with Crippen molar-refractivity contribution in [2.45, 2.75) is 0 Å². The van der Waals surface area contributed by atoms with E-state index in [0.717, 1.165) is 16.4 Å². The van der Waals surface area contributed by atoms with Crippen LogP contribution in [0.15, 0.2) is 50.2 Å². The van der Waals surface area contributed by atoms with Crippen molar-refractivity contribution in [2.75, 3.05) is 0 Å². The highest BCUT2D eigenvalue weighted by atomic mass is 16.4. The van der Waals surface area contributed by atoms with Crippen molar-refractivity contribution in [2.24, 2.45) is 0 Å². The van der Waals surface area contributed by atoms with Gasteiger partial charge in [0, 0.05) is 22.9 Å². The van der Waals surface area contributed by atoms with Gasteiger partial charge in [0.2, 0.25) is 0 Å². The number of nitrogens with zero attached hydrogens (tertiary/aromatic N) is 3. The van der Waals surface area contributed by atoms with Crippen molar-refractivity contribution in [3.63, 3.8) is 0 Å². The van der Waals surface area contributed by atoms with Crippen LogP contribution in [0.5, 0.6) is 0 Å². The van der Waals surface area contributed by atoms with Crippen molar-refractivity contribution in [3.05, 3.63) is 63.0 Å². The fourth-order valence-electron chi connectivity index (χ4n) is 1.53. The Kier molecular flexibility index (Phi) is 2.81. The molecular formula is C11H6N3O3-. The van der Waals surface area contributed by atoms with Crippen LogP contribution in [0.25, 0.3) is 37.9 Å². The molecule has 0 saturated heterocycles. The third-order valence-corrected chi connectivity index (χ3v) is 2.19. The molecule has 2 aromatic heterocycles. The predicted octanol–water partition coefficient (Wildman–Crippen LogP) is 3.41. The van der Waals surface area contributed by atoms with Crippen molar-refractivity contribution in [1.82, 2.24) is 0 Å². The number of benzene rings is 1. The lowest BCUT2D eigenvalue weighted by atomic mass is 10.2. The van der Waals surface area contributed by atoms with Crippen LogP contribution in [-0.2, 0) is 0 Å². The van der Waals surface area contributed by atoms with Gasteiger partial charge in [0.05, 0.1) is 6.26 Å². The summed E-state index contributed by atoms with van der Waals surface area (Å²) in [5, 5.41) is 1.91. The zero-order valence-electron chi connectivity index (χ0n) is 8.53. The first-order chi connectivity index (χ1) is 8.24. The van der Waals surface area contributed by atoms with Gasteiger partial charge in [-0.2, -0.15) is 0 Å². The molecule has 0 aliphatic carbocycles. The summed E-state index contributed by atoms with van der Waals surface area (Å²) in [6.07, 6.45) is 1.61. The molecule has 2 heterocycles. The van der Waals surface area contributed by atoms with E-state index < -0.39 is 0 Å². The van der Waals surface area contributed by atoms with E-state index >= 15 is 0 Å². The van der Waals surface area contributed by atoms with E-state index in [1.807, 2.05) is 12.1 Å². The van der Waals surface area contributed by atoms with E-state index in [1.165, 1.54) is 11.0 Å². The van der Waals surface area contributed by atoms with Gasteiger partial charge in [0.25, 0.3) is 0 Å². The van der Waals surface area contributed by atoms with Gasteiger partial charge in [-0.15, -0.1) is 0 Å².